The Bertz CT molecular complexity index is 664. The quantitative estimate of drug-likeness (QED) is 0.537. The first-order valence-corrected chi connectivity index (χ1v) is 9.13. The first-order chi connectivity index (χ1) is 12.1. The van der Waals surface area contributed by atoms with E-state index in [1.807, 2.05) is 20.8 Å². The second-order valence-corrected chi connectivity index (χ2v) is 8.17. The van der Waals surface area contributed by atoms with Crippen LogP contribution in [0.1, 0.15) is 47.5 Å². The van der Waals surface area contributed by atoms with Gasteiger partial charge in [-0.1, -0.05) is 37.6 Å². The van der Waals surface area contributed by atoms with Gasteiger partial charge in [-0.3, -0.25) is 9.59 Å². The number of hydrogen-bond donors (Lipinski definition) is 2. The molecule has 0 heterocycles. The summed E-state index contributed by atoms with van der Waals surface area (Å²) < 4.78 is 5.68. The molecule has 2 rings (SSSR count). The summed E-state index contributed by atoms with van der Waals surface area (Å²) in [5.41, 5.74) is 2.48. The molecular weight excluding hydrogens is 332 g/mol. The maximum absolute atomic E-state index is 12.6. The number of carbonyl (C=O) groups excluding carboxylic acids is 2. The van der Waals surface area contributed by atoms with E-state index in [-0.39, 0.29) is 42.0 Å². The van der Waals surface area contributed by atoms with Crippen LogP contribution in [-0.2, 0) is 14.3 Å². The lowest BCUT2D eigenvalue weighted by Crippen LogP contribution is -2.20. The summed E-state index contributed by atoms with van der Waals surface area (Å²) >= 11 is 0. The molecule has 4 atom stereocenters. The van der Waals surface area contributed by atoms with Crippen LogP contribution in [0.4, 0.5) is 0 Å². The maximum atomic E-state index is 12.6. The normalized spacial score (nSPS) is 28.4. The van der Waals surface area contributed by atoms with Crippen molar-refractivity contribution in [2.45, 2.75) is 59.7 Å². The zero-order valence-corrected chi connectivity index (χ0v) is 16.3. The monoisotopic (exact) mass is 362 g/mol. The summed E-state index contributed by atoms with van der Waals surface area (Å²) in [6.45, 7) is 9.63. The molecule has 0 aliphatic heterocycles. The molecule has 0 aromatic carbocycles. The number of carbonyl (C=O) groups is 2. The van der Waals surface area contributed by atoms with Crippen molar-refractivity contribution in [1.29, 1.82) is 0 Å². The van der Waals surface area contributed by atoms with Gasteiger partial charge < -0.3 is 14.9 Å². The minimum atomic E-state index is -0.926. The molecule has 1 saturated carbocycles. The molecule has 1 fully saturated rings. The Morgan fingerprint density at radius 1 is 1.38 bits per heavy atom. The molecule has 0 spiro atoms. The Labute approximate surface area is 155 Å². The predicted molar refractivity (Wildman–Crippen MR) is 99.2 cm³/mol. The molecule has 0 saturated heterocycles. The summed E-state index contributed by atoms with van der Waals surface area (Å²) in [5.74, 6) is -0.241. The van der Waals surface area contributed by atoms with Crippen LogP contribution in [-0.4, -0.2) is 40.8 Å². The Morgan fingerprint density at radius 2 is 2.04 bits per heavy atom. The predicted octanol–water partition coefficient (Wildman–Crippen LogP) is 2.73. The minimum absolute atomic E-state index is 0.0284. The van der Waals surface area contributed by atoms with Gasteiger partial charge in [-0.15, -0.1) is 0 Å². The highest BCUT2D eigenvalue weighted by Gasteiger charge is 2.61. The molecule has 0 aromatic rings. The Balaban J connectivity index is 2.02. The van der Waals surface area contributed by atoms with Crippen molar-refractivity contribution in [2.24, 2.45) is 17.3 Å². The number of aliphatic hydroxyl groups excluding tert-OH is 2. The first-order valence-electron chi connectivity index (χ1n) is 9.13. The van der Waals surface area contributed by atoms with Crippen LogP contribution >= 0.6 is 0 Å². The van der Waals surface area contributed by atoms with E-state index in [2.05, 4.69) is 19.9 Å². The molecule has 0 bridgehead atoms. The summed E-state index contributed by atoms with van der Waals surface area (Å²) in [4.78, 5) is 24.8. The van der Waals surface area contributed by atoms with Crippen molar-refractivity contribution in [1.82, 2.24) is 0 Å². The van der Waals surface area contributed by atoms with E-state index >= 15 is 0 Å². The van der Waals surface area contributed by atoms with Crippen molar-refractivity contribution in [3.8, 4) is 0 Å². The third-order valence-corrected chi connectivity index (χ3v) is 5.47. The number of ether oxygens (including phenoxy) is 1. The summed E-state index contributed by atoms with van der Waals surface area (Å²) in [6, 6.07) is 0. The van der Waals surface area contributed by atoms with Gasteiger partial charge in [-0.05, 0) is 44.1 Å². The number of Topliss-reactive ketones (excluding diaryl/α,β-unsaturated/α-hetero) is 1. The smallest absolute Gasteiger partial charge is 0.310 e. The zero-order chi connectivity index (χ0) is 19.6. The first kappa shape index (κ1) is 20.6. The average Bonchev–Trinajstić information content (AvgIpc) is 2.97. The standard InChI is InChI=1S/C21H30O5/c1-12(2)9-16-19(21(16,4)5)20(25)26-18-10-17(24)15(13(18)3)8-6-7-14(23)11-22/h6-7,9,14,16,18-19,22-23H,8,10-11H2,1-5H3/b7-6+/t14-,16-,18+,19+/m1/s1. The summed E-state index contributed by atoms with van der Waals surface area (Å²) in [5, 5.41) is 18.1. The van der Waals surface area contributed by atoms with Gasteiger partial charge in [0.25, 0.3) is 0 Å². The van der Waals surface area contributed by atoms with E-state index < -0.39 is 12.2 Å². The fraction of sp³-hybridized carbons (Fsp3) is 0.619. The molecule has 5 heteroatoms. The molecule has 2 aliphatic carbocycles. The highest BCUT2D eigenvalue weighted by Crippen LogP contribution is 2.60. The van der Waals surface area contributed by atoms with Crippen molar-refractivity contribution < 1.29 is 24.5 Å². The molecule has 2 aliphatic rings. The van der Waals surface area contributed by atoms with E-state index in [1.165, 1.54) is 11.6 Å². The lowest BCUT2D eigenvalue weighted by molar-refractivity contribution is -0.150. The second kappa shape index (κ2) is 7.89. The van der Waals surface area contributed by atoms with Crippen LogP contribution in [0.15, 0.2) is 34.9 Å². The highest BCUT2D eigenvalue weighted by molar-refractivity contribution is 6.00. The number of ketones is 1. The topological polar surface area (TPSA) is 83.8 Å². The molecule has 0 aromatic heterocycles. The van der Waals surface area contributed by atoms with E-state index in [4.69, 9.17) is 9.84 Å². The van der Waals surface area contributed by atoms with E-state index in [1.54, 1.807) is 6.08 Å². The van der Waals surface area contributed by atoms with Crippen molar-refractivity contribution in [2.75, 3.05) is 6.61 Å². The molecule has 0 radical (unpaired) electrons. The fourth-order valence-corrected chi connectivity index (χ4v) is 3.68. The molecule has 26 heavy (non-hydrogen) atoms. The lowest BCUT2D eigenvalue weighted by Gasteiger charge is -2.13. The number of allylic oxidation sites excluding steroid dienone is 4. The van der Waals surface area contributed by atoms with Crippen molar-refractivity contribution >= 4 is 11.8 Å². The Kier molecular flexibility index (Phi) is 6.25. The molecule has 144 valence electrons. The third-order valence-electron chi connectivity index (χ3n) is 5.47. The van der Waals surface area contributed by atoms with Crippen LogP contribution < -0.4 is 0 Å². The van der Waals surface area contributed by atoms with Gasteiger partial charge in [0, 0.05) is 5.57 Å². The van der Waals surface area contributed by atoms with Crippen molar-refractivity contribution in [3.05, 3.63) is 34.9 Å². The van der Waals surface area contributed by atoms with Crippen molar-refractivity contribution in [3.63, 3.8) is 0 Å². The van der Waals surface area contributed by atoms with Gasteiger partial charge in [-0.25, -0.2) is 0 Å². The molecule has 5 nitrogen and oxygen atoms in total. The largest absolute Gasteiger partial charge is 0.457 e. The fourth-order valence-electron chi connectivity index (χ4n) is 3.68. The van der Waals surface area contributed by atoms with Gasteiger partial charge in [-0.2, -0.15) is 0 Å². The van der Waals surface area contributed by atoms with Gasteiger partial charge >= 0.3 is 5.97 Å². The SMILES string of the molecule is CC(C)=C[C@@H]1[C@@H](C(=O)O[C@H]2CC(=O)C(C/C=C/[C@@H](O)CO)=C2C)C1(C)C. The van der Waals surface area contributed by atoms with Gasteiger partial charge in [0.1, 0.15) is 6.10 Å². The average molecular weight is 362 g/mol. The Hall–Kier alpha value is -1.72. The van der Waals surface area contributed by atoms with Gasteiger partial charge in [0.05, 0.1) is 25.0 Å². The summed E-state index contributed by atoms with van der Waals surface area (Å²) in [7, 11) is 0. The van der Waals surface area contributed by atoms with Crippen LogP contribution in [0, 0.1) is 17.3 Å². The third kappa shape index (κ3) is 4.33. The maximum Gasteiger partial charge on any atom is 0.310 e. The number of hydrogen-bond acceptors (Lipinski definition) is 5. The van der Waals surface area contributed by atoms with E-state index in [0.717, 1.165) is 5.57 Å². The number of esters is 1. The number of rotatable bonds is 7. The van der Waals surface area contributed by atoms with Crippen LogP contribution in [0.2, 0.25) is 0 Å². The summed E-state index contributed by atoms with van der Waals surface area (Å²) in [6.07, 6.45) is 4.38. The van der Waals surface area contributed by atoms with Crippen LogP contribution in [0.25, 0.3) is 0 Å². The molecular formula is C21H30O5. The van der Waals surface area contributed by atoms with E-state index in [0.29, 0.717) is 12.0 Å². The number of aliphatic hydroxyl groups is 2. The zero-order valence-electron chi connectivity index (χ0n) is 16.3. The molecule has 2 N–H and O–H groups in total. The van der Waals surface area contributed by atoms with Crippen LogP contribution in [0.5, 0.6) is 0 Å². The van der Waals surface area contributed by atoms with E-state index in [9.17, 15) is 14.7 Å². The minimum Gasteiger partial charge on any atom is -0.457 e. The second-order valence-electron chi connectivity index (χ2n) is 8.17. The lowest BCUT2D eigenvalue weighted by atomic mass is 10.1. The molecule has 0 amide bonds. The van der Waals surface area contributed by atoms with Gasteiger partial charge in [0.2, 0.25) is 0 Å². The van der Waals surface area contributed by atoms with Crippen LogP contribution in [0.3, 0.4) is 0 Å². The molecule has 0 unspecified atom stereocenters. The Morgan fingerprint density at radius 3 is 2.62 bits per heavy atom. The highest BCUT2D eigenvalue weighted by atomic mass is 16.5. The van der Waals surface area contributed by atoms with Gasteiger partial charge in [0.15, 0.2) is 5.78 Å².